The van der Waals surface area contributed by atoms with Crippen molar-refractivity contribution in [3.63, 3.8) is 0 Å². The highest BCUT2D eigenvalue weighted by Crippen LogP contribution is 2.57. The van der Waals surface area contributed by atoms with Crippen LogP contribution < -0.4 is 9.80 Å². The molecule has 7 aromatic rings. The summed E-state index contributed by atoms with van der Waals surface area (Å²) in [6.45, 7) is 4.73. The third-order valence-corrected chi connectivity index (χ3v) is 12.6. The molecule has 0 saturated heterocycles. The monoisotopic (exact) mass is 700 g/mol. The largest absolute Gasteiger partial charge is 0.311 e. The van der Waals surface area contributed by atoms with E-state index >= 15 is 0 Å². The van der Waals surface area contributed by atoms with Crippen LogP contribution >= 0.6 is 0 Å². The van der Waals surface area contributed by atoms with Gasteiger partial charge in [0.25, 0.3) is 0 Å². The number of para-hydroxylation sites is 3. The van der Waals surface area contributed by atoms with E-state index in [1.165, 1.54) is 69.0 Å². The van der Waals surface area contributed by atoms with Crippen LogP contribution in [-0.4, -0.2) is 0 Å². The van der Waals surface area contributed by atoms with E-state index < -0.39 is 0 Å². The Morgan fingerprint density at radius 2 is 0.833 bits per heavy atom. The number of fused-ring (bicyclic) bond motifs is 3. The zero-order chi connectivity index (χ0) is 36.5. The molecule has 0 bridgehead atoms. The third-order valence-electron chi connectivity index (χ3n) is 12.6. The second-order valence-electron chi connectivity index (χ2n) is 15.1. The molecule has 0 spiro atoms. The van der Waals surface area contributed by atoms with E-state index in [9.17, 15) is 0 Å². The molecule has 266 valence electrons. The van der Waals surface area contributed by atoms with E-state index in [4.69, 9.17) is 0 Å². The smallest absolute Gasteiger partial charge is 0.0508 e. The van der Waals surface area contributed by atoms with E-state index in [0.29, 0.717) is 0 Å². The van der Waals surface area contributed by atoms with Crippen LogP contribution in [0.2, 0.25) is 0 Å². The molecule has 2 nitrogen and oxygen atoms in total. The Bertz CT molecular complexity index is 2300. The lowest BCUT2D eigenvalue weighted by molar-refractivity contribution is 0.491. The summed E-state index contributed by atoms with van der Waals surface area (Å²) in [5.41, 5.74) is 15.6. The van der Waals surface area contributed by atoms with Crippen LogP contribution in [0.5, 0.6) is 0 Å². The minimum atomic E-state index is -0.0356. The molecule has 1 fully saturated rings. The molecule has 1 saturated carbocycles. The molecular formula is C52H48N2. The van der Waals surface area contributed by atoms with E-state index in [1.54, 1.807) is 0 Å². The Morgan fingerprint density at radius 3 is 1.35 bits per heavy atom. The van der Waals surface area contributed by atoms with Gasteiger partial charge in [-0.25, -0.2) is 0 Å². The first-order chi connectivity index (χ1) is 26.7. The maximum atomic E-state index is 2.51. The van der Waals surface area contributed by atoms with Crippen LogP contribution in [-0.2, 0) is 10.8 Å². The summed E-state index contributed by atoms with van der Waals surface area (Å²) in [6.07, 6.45) is 6.92. The van der Waals surface area contributed by atoms with Gasteiger partial charge in [-0.2, -0.15) is 0 Å². The van der Waals surface area contributed by atoms with Crippen LogP contribution in [0, 0.1) is 0 Å². The van der Waals surface area contributed by atoms with Crippen molar-refractivity contribution in [1.29, 1.82) is 0 Å². The van der Waals surface area contributed by atoms with E-state index in [0.717, 1.165) is 37.1 Å². The molecule has 0 aromatic heterocycles. The van der Waals surface area contributed by atoms with Gasteiger partial charge in [0.05, 0.1) is 5.69 Å². The molecule has 9 rings (SSSR count). The molecule has 2 heteroatoms. The molecule has 2 aliphatic rings. The highest BCUT2D eigenvalue weighted by molar-refractivity contribution is 5.91. The number of anilines is 6. The van der Waals surface area contributed by atoms with Gasteiger partial charge in [-0.15, -0.1) is 0 Å². The summed E-state index contributed by atoms with van der Waals surface area (Å²) < 4.78 is 0. The maximum Gasteiger partial charge on any atom is 0.0508 e. The lowest BCUT2D eigenvalue weighted by atomic mass is 9.72. The SMILES string of the molecule is CCC1(CC)c2ccccc2-c2cccc(N(c3ccccc3)c3ccc(C4(c5ccc(N(c6ccccc6)c6ccccc6)cc5)CCCC4)cc3)c21. The zero-order valence-corrected chi connectivity index (χ0v) is 31.5. The predicted molar refractivity (Wildman–Crippen MR) is 228 cm³/mol. The van der Waals surface area contributed by atoms with E-state index in [1.807, 2.05) is 0 Å². The second kappa shape index (κ2) is 14.2. The van der Waals surface area contributed by atoms with Crippen molar-refractivity contribution in [2.45, 2.75) is 63.2 Å². The van der Waals surface area contributed by atoms with Crippen molar-refractivity contribution in [1.82, 2.24) is 0 Å². The standard InChI is InChI=1S/C52H48N2/c1-3-51(4-2)48-27-15-14-25-46(48)47-26-18-28-49(50(47)51)54(43-23-12-7-13-24-43)45-35-31-40(32-36-45)52(37-16-17-38-52)39-29-33-44(34-30-39)53(41-19-8-5-9-20-41)42-21-10-6-11-22-42/h5-15,18-36H,3-4,16-17,37-38H2,1-2H3. The maximum absolute atomic E-state index is 2.51. The minimum absolute atomic E-state index is 0.00578. The fraction of sp³-hybridized carbons (Fsp3) is 0.192. The Hall–Kier alpha value is -5.86. The first-order valence-corrected chi connectivity index (χ1v) is 19.9. The average molecular weight is 701 g/mol. The molecule has 0 unspecified atom stereocenters. The van der Waals surface area contributed by atoms with Crippen molar-refractivity contribution in [2.75, 3.05) is 9.80 Å². The second-order valence-corrected chi connectivity index (χ2v) is 15.1. The molecule has 7 aromatic carbocycles. The number of benzene rings is 7. The first-order valence-electron chi connectivity index (χ1n) is 19.9. The number of rotatable bonds is 10. The van der Waals surface area contributed by atoms with Gasteiger partial charge in [-0.05, 0) is 126 Å². The van der Waals surface area contributed by atoms with Gasteiger partial charge in [0.2, 0.25) is 0 Å². The van der Waals surface area contributed by atoms with Crippen LogP contribution in [0.25, 0.3) is 11.1 Å². The van der Waals surface area contributed by atoms with Crippen LogP contribution in [0.3, 0.4) is 0 Å². The fourth-order valence-electron chi connectivity index (χ4n) is 9.90. The Balaban J connectivity index is 1.11. The molecule has 0 atom stereocenters. The van der Waals surface area contributed by atoms with Crippen molar-refractivity contribution in [2.24, 2.45) is 0 Å². The summed E-state index contributed by atoms with van der Waals surface area (Å²) in [7, 11) is 0. The van der Waals surface area contributed by atoms with E-state index in [2.05, 4.69) is 206 Å². The molecule has 54 heavy (non-hydrogen) atoms. The third kappa shape index (κ3) is 5.55. The summed E-state index contributed by atoms with van der Waals surface area (Å²) in [4.78, 5) is 4.86. The molecule has 0 aliphatic heterocycles. The highest BCUT2D eigenvalue weighted by atomic mass is 15.1. The molecule has 0 heterocycles. The molecule has 2 aliphatic carbocycles. The van der Waals surface area contributed by atoms with Crippen molar-refractivity contribution in [3.8, 4) is 11.1 Å². The molecular weight excluding hydrogens is 653 g/mol. The van der Waals surface area contributed by atoms with Crippen LogP contribution in [0.1, 0.15) is 74.6 Å². The fourth-order valence-corrected chi connectivity index (χ4v) is 9.90. The van der Waals surface area contributed by atoms with Crippen LogP contribution in [0.4, 0.5) is 34.1 Å². The van der Waals surface area contributed by atoms with Gasteiger partial charge in [0.1, 0.15) is 0 Å². The summed E-state index contributed by atoms with van der Waals surface area (Å²) in [5, 5.41) is 0. The van der Waals surface area contributed by atoms with Gasteiger partial charge in [0, 0.05) is 39.3 Å². The van der Waals surface area contributed by atoms with Crippen molar-refractivity contribution in [3.05, 3.63) is 204 Å². The van der Waals surface area contributed by atoms with Gasteiger partial charge in [0.15, 0.2) is 0 Å². The first kappa shape index (κ1) is 33.9. The normalized spacial score (nSPS) is 15.0. The van der Waals surface area contributed by atoms with Gasteiger partial charge >= 0.3 is 0 Å². The van der Waals surface area contributed by atoms with E-state index in [-0.39, 0.29) is 10.8 Å². The Kier molecular flexibility index (Phi) is 8.91. The lowest BCUT2D eigenvalue weighted by Gasteiger charge is -2.36. The average Bonchev–Trinajstić information content (AvgIpc) is 3.86. The topological polar surface area (TPSA) is 6.48 Å². The molecule has 0 radical (unpaired) electrons. The minimum Gasteiger partial charge on any atom is -0.311 e. The quantitative estimate of drug-likeness (QED) is 0.140. The number of nitrogens with zero attached hydrogens (tertiary/aromatic N) is 2. The van der Waals surface area contributed by atoms with Crippen molar-refractivity contribution >= 4 is 34.1 Å². The van der Waals surface area contributed by atoms with Gasteiger partial charge < -0.3 is 9.80 Å². The zero-order valence-electron chi connectivity index (χ0n) is 31.5. The molecule has 0 amide bonds. The summed E-state index contributed by atoms with van der Waals surface area (Å²) in [6, 6.07) is 67.4. The van der Waals surface area contributed by atoms with Gasteiger partial charge in [-0.1, -0.05) is 142 Å². The number of hydrogen-bond donors (Lipinski definition) is 0. The van der Waals surface area contributed by atoms with Crippen molar-refractivity contribution < 1.29 is 0 Å². The Morgan fingerprint density at radius 1 is 0.407 bits per heavy atom. The summed E-state index contributed by atoms with van der Waals surface area (Å²) >= 11 is 0. The molecule has 0 N–H and O–H groups in total. The predicted octanol–water partition coefficient (Wildman–Crippen LogP) is 14.6. The lowest BCUT2D eigenvalue weighted by Crippen LogP contribution is -2.26. The highest BCUT2D eigenvalue weighted by Gasteiger charge is 2.43. The van der Waals surface area contributed by atoms with Crippen LogP contribution in [0.15, 0.2) is 182 Å². The Labute approximate surface area is 321 Å². The summed E-state index contributed by atoms with van der Waals surface area (Å²) in [5.74, 6) is 0. The van der Waals surface area contributed by atoms with Gasteiger partial charge in [-0.3, -0.25) is 0 Å². The number of hydrogen-bond acceptors (Lipinski definition) is 2.